The van der Waals surface area contributed by atoms with Gasteiger partial charge in [-0.3, -0.25) is 0 Å². The Morgan fingerprint density at radius 3 is 2.21 bits per heavy atom. The molecule has 0 saturated carbocycles. The minimum Gasteiger partial charge on any atom is -0.493 e. The summed E-state index contributed by atoms with van der Waals surface area (Å²) in [5.74, 6) is -0.224. The Labute approximate surface area is 211 Å². The highest BCUT2D eigenvalue weighted by Crippen LogP contribution is 2.40. The minimum absolute atomic E-state index is 0.144. The van der Waals surface area contributed by atoms with Crippen LogP contribution in [0, 0.1) is 17.2 Å². The highest BCUT2D eigenvalue weighted by molar-refractivity contribution is 5.47. The van der Waals surface area contributed by atoms with Gasteiger partial charge in [0.25, 0.3) is 0 Å². The number of rotatable bonds is 13. The third-order valence-corrected chi connectivity index (χ3v) is 6.10. The maximum Gasteiger partial charge on any atom is 0.161 e. The van der Waals surface area contributed by atoms with E-state index in [1.165, 1.54) is 19.2 Å². The van der Waals surface area contributed by atoms with Crippen molar-refractivity contribution >= 4 is 0 Å². The van der Waals surface area contributed by atoms with Crippen LogP contribution < -0.4 is 18.9 Å². The van der Waals surface area contributed by atoms with Gasteiger partial charge in [-0.25, -0.2) is 0 Å². The molecule has 0 fully saturated rings. The Morgan fingerprint density at radius 2 is 1.58 bits per heavy atom. The van der Waals surface area contributed by atoms with Crippen LogP contribution in [-0.4, -0.2) is 53.3 Å². The molecular weight excluding hydrogens is 416 g/mol. The van der Waals surface area contributed by atoms with Gasteiger partial charge in [-0.2, -0.15) is 5.26 Å². The van der Waals surface area contributed by atoms with E-state index < -0.39 is 26.5 Å². The van der Waals surface area contributed by atoms with Crippen molar-refractivity contribution in [3.05, 3.63) is 47.5 Å². The second-order valence-corrected chi connectivity index (χ2v) is 8.35. The highest BCUT2D eigenvalue weighted by Gasteiger charge is 2.36. The monoisotopic (exact) mass is 463 g/mol. The standard InChI is InChI=1S/C27H38N2O4/c1-20(2)27(19-28,22-10-12-24(31-5)26(18-22)33-7)14-8-15-29(3)16-13-21-9-11-23(30-4)25(17-21)32-6/h9-12,17-18,20H,8,13-16H2,1-7H3/i5D3,6D3,7D3. The average molecular weight is 464 g/mol. The summed E-state index contributed by atoms with van der Waals surface area (Å²) in [5, 5.41) is 10.3. The van der Waals surface area contributed by atoms with Crippen molar-refractivity contribution in [2.45, 2.75) is 38.5 Å². The number of nitrogens with zero attached hydrogens (tertiary/aromatic N) is 2. The molecular formula is C27H38N2O4. The first-order valence-corrected chi connectivity index (χ1v) is 10.8. The Bertz CT molecular complexity index is 1220. The number of hydrogen-bond acceptors (Lipinski definition) is 6. The summed E-state index contributed by atoms with van der Waals surface area (Å²) in [6, 6.07) is 11.8. The SMILES string of the molecule is [2H]C([2H])([2H])Oc1cc(CCN(C)CCCC(C#N)(c2ccc(OC([2H])([2H])[2H])c(OC([2H])([2H])[2H])c2)C(C)C)ccc1OC. The molecule has 33 heavy (non-hydrogen) atoms. The van der Waals surface area contributed by atoms with Crippen molar-refractivity contribution in [1.29, 1.82) is 5.26 Å². The molecule has 2 rings (SSSR count). The van der Waals surface area contributed by atoms with E-state index in [0.29, 0.717) is 43.7 Å². The van der Waals surface area contributed by atoms with Gasteiger partial charge >= 0.3 is 0 Å². The molecule has 0 radical (unpaired) electrons. The van der Waals surface area contributed by atoms with Crippen LogP contribution in [-0.2, 0) is 11.8 Å². The molecule has 0 heterocycles. The van der Waals surface area contributed by atoms with E-state index >= 15 is 0 Å². The quantitative estimate of drug-likeness (QED) is 0.412. The Balaban J connectivity index is 2.17. The van der Waals surface area contributed by atoms with Crippen molar-refractivity contribution in [2.24, 2.45) is 5.92 Å². The predicted molar refractivity (Wildman–Crippen MR) is 132 cm³/mol. The van der Waals surface area contributed by atoms with Gasteiger partial charge < -0.3 is 23.8 Å². The van der Waals surface area contributed by atoms with Crippen LogP contribution in [0.3, 0.4) is 0 Å². The van der Waals surface area contributed by atoms with Crippen LogP contribution in [0.5, 0.6) is 23.0 Å². The summed E-state index contributed by atoms with van der Waals surface area (Å²) in [7, 11) is -4.90. The van der Waals surface area contributed by atoms with Crippen molar-refractivity contribution in [2.75, 3.05) is 48.4 Å². The van der Waals surface area contributed by atoms with E-state index in [-0.39, 0.29) is 23.2 Å². The van der Waals surface area contributed by atoms with Crippen molar-refractivity contribution in [3.8, 4) is 29.1 Å². The first-order chi connectivity index (χ1) is 19.3. The number of likely N-dealkylation sites (N-methyl/N-ethyl adjacent to an activating group) is 1. The first-order valence-electron chi connectivity index (χ1n) is 15.3. The second kappa shape index (κ2) is 12.4. The number of ether oxygens (including phenoxy) is 4. The summed E-state index contributed by atoms with van der Waals surface area (Å²) >= 11 is 0. The zero-order chi connectivity index (χ0) is 31.9. The van der Waals surface area contributed by atoms with E-state index in [4.69, 9.17) is 31.3 Å². The number of methoxy groups -OCH3 is 4. The van der Waals surface area contributed by atoms with Crippen LogP contribution >= 0.6 is 0 Å². The molecule has 6 heteroatoms. The van der Waals surface area contributed by atoms with E-state index in [0.717, 1.165) is 5.56 Å². The van der Waals surface area contributed by atoms with Crippen molar-refractivity contribution in [3.63, 3.8) is 0 Å². The lowest BCUT2D eigenvalue weighted by Crippen LogP contribution is -2.32. The molecule has 0 spiro atoms. The Kier molecular flexibility index (Phi) is 5.93. The molecule has 6 nitrogen and oxygen atoms in total. The smallest absolute Gasteiger partial charge is 0.161 e. The number of benzene rings is 2. The molecule has 0 aliphatic heterocycles. The van der Waals surface area contributed by atoms with Crippen LogP contribution in [0.4, 0.5) is 0 Å². The van der Waals surface area contributed by atoms with Gasteiger partial charge in [-0.15, -0.1) is 0 Å². The van der Waals surface area contributed by atoms with Crippen molar-refractivity contribution in [1.82, 2.24) is 4.90 Å². The van der Waals surface area contributed by atoms with Gasteiger partial charge in [0.2, 0.25) is 0 Å². The predicted octanol–water partition coefficient (Wildman–Crippen LogP) is 5.09. The third-order valence-electron chi connectivity index (χ3n) is 6.10. The molecule has 0 N–H and O–H groups in total. The van der Waals surface area contributed by atoms with Gasteiger partial charge in [0.1, 0.15) is 0 Å². The second-order valence-electron chi connectivity index (χ2n) is 8.35. The van der Waals surface area contributed by atoms with Gasteiger partial charge in [-0.05, 0) is 74.2 Å². The molecule has 0 aromatic heterocycles. The molecule has 0 amide bonds. The fourth-order valence-electron chi connectivity index (χ4n) is 3.98. The van der Waals surface area contributed by atoms with Crippen LogP contribution in [0.15, 0.2) is 36.4 Å². The van der Waals surface area contributed by atoms with Crippen LogP contribution in [0.1, 0.15) is 50.2 Å². The largest absolute Gasteiger partial charge is 0.493 e. The molecule has 0 bridgehead atoms. The normalized spacial score (nSPS) is 18.0. The summed E-state index contributed by atoms with van der Waals surface area (Å²) < 4.78 is 87.0. The lowest BCUT2D eigenvalue weighted by Gasteiger charge is -2.32. The summed E-state index contributed by atoms with van der Waals surface area (Å²) in [6.07, 6.45) is 1.69. The first kappa shape index (κ1) is 15.8. The lowest BCUT2D eigenvalue weighted by molar-refractivity contribution is 0.292. The number of nitriles is 1. The average Bonchev–Trinajstić information content (AvgIpc) is 2.84. The molecule has 0 saturated heterocycles. The van der Waals surface area contributed by atoms with Gasteiger partial charge in [0.05, 0.1) is 52.0 Å². The van der Waals surface area contributed by atoms with E-state index in [2.05, 4.69) is 11.0 Å². The molecule has 180 valence electrons. The fraction of sp³-hybridized carbons (Fsp3) is 0.519. The maximum absolute atomic E-state index is 10.3. The molecule has 1 atom stereocenters. The zero-order valence-electron chi connectivity index (χ0n) is 28.6. The van der Waals surface area contributed by atoms with Crippen molar-refractivity contribution < 1.29 is 31.3 Å². The van der Waals surface area contributed by atoms with Gasteiger partial charge in [0, 0.05) is 6.54 Å². The lowest BCUT2D eigenvalue weighted by atomic mass is 9.69. The molecule has 2 aromatic carbocycles. The van der Waals surface area contributed by atoms with E-state index in [1.807, 2.05) is 27.0 Å². The zero-order valence-corrected chi connectivity index (χ0v) is 19.6. The molecule has 0 aliphatic carbocycles. The van der Waals surface area contributed by atoms with E-state index in [1.54, 1.807) is 18.2 Å². The van der Waals surface area contributed by atoms with Gasteiger partial charge in [0.15, 0.2) is 23.0 Å². The van der Waals surface area contributed by atoms with Gasteiger partial charge in [-0.1, -0.05) is 26.0 Å². The highest BCUT2D eigenvalue weighted by atomic mass is 16.5. The Hall–Kier alpha value is -2.91. The molecule has 2 aromatic rings. The number of hydrogen-bond donors (Lipinski definition) is 0. The van der Waals surface area contributed by atoms with E-state index in [9.17, 15) is 5.26 Å². The molecule has 1 unspecified atom stereocenters. The summed E-state index contributed by atoms with van der Waals surface area (Å²) in [4.78, 5) is 2.09. The Morgan fingerprint density at radius 1 is 0.939 bits per heavy atom. The van der Waals surface area contributed by atoms with Crippen LogP contribution in [0.25, 0.3) is 0 Å². The third kappa shape index (κ3) is 6.33. The fourth-order valence-corrected chi connectivity index (χ4v) is 3.98. The summed E-state index contributed by atoms with van der Waals surface area (Å²) in [6.45, 7) is 5.08. The molecule has 0 aliphatic rings. The minimum atomic E-state index is -2.86. The van der Waals surface area contributed by atoms with Crippen LogP contribution in [0.2, 0.25) is 0 Å². The summed E-state index contributed by atoms with van der Waals surface area (Å²) in [5.41, 5.74) is 0.361. The maximum atomic E-state index is 10.3. The topological polar surface area (TPSA) is 64.0 Å².